The van der Waals surface area contributed by atoms with E-state index in [1.165, 1.54) is 6.20 Å². The molecule has 0 unspecified atom stereocenters. The van der Waals surface area contributed by atoms with E-state index < -0.39 is 0 Å². The van der Waals surface area contributed by atoms with Gasteiger partial charge in [-0.15, -0.1) is 0 Å². The minimum absolute atomic E-state index is 0.268. The van der Waals surface area contributed by atoms with Gasteiger partial charge in [-0.3, -0.25) is 0 Å². The Bertz CT molecular complexity index is 347. The van der Waals surface area contributed by atoms with Crippen LogP contribution >= 0.6 is 12.2 Å². The Kier molecular flexibility index (Phi) is 2.45. The summed E-state index contributed by atoms with van der Waals surface area (Å²) in [5.74, 6) is 0. The van der Waals surface area contributed by atoms with E-state index in [-0.39, 0.29) is 5.69 Å². The number of nitriles is 1. The lowest BCUT2D eigenvalue weighted by molar-refractivity contribution is 1.25. The zero-order valence-electron chi connectivity index (χ0n) is 5.48. The zero-order chi connectivity index (χ0) is 8.10. The van der Waals surface area contributed by atoms with Crippen LogP contribution in [0.25, 0.3) is 0 Å². The lowest BCUT2D eigenvalue weighted by Crippen LogP contribution is -1.79. The Morgan fingerprint density at radius 3 is 3.09 bits per heavy atom. The van der Waals surface area contributed by atoms with Gasteiger partial charge in [0, 0.05) is 6.20 Å². The average Bonchev–Trinajstić information content (AvgIpc) is 2.06. The molecule has 3 nitrogen and oxygen atoms in total. The van der Waals surface area contributed by atoms with Gasteiger partial charge in [0.05, 0.1) is 5.16 Å². The SMILES string of the molecule is N#Cc1ncccc1N=C=S. The third kappa shape index (κ3) is 1.68. The minimum Gasteiger partial charge on any atom is -0.243 e. The minimum atomic E-state index is 0.268. The molecule has 0 fully saturated rings. The van der Waals surface area contributed by atoms with Gasteiger partial charge in [-0.2, -0.15) is 10.3 Å². The van der Waals surface area contributed by atoms with Gasteiger partial charge in [0.25, 0.3) is 0 Å². The number of aromatic nitrogens is 1. The second kappa shape index (κ2) is 3.57. The predicted octanol–water partition coefficient (Wildman–Crippen LogP) is 1.69. The fourth-order valence-electron chi connectivity index (χ4n) is 0.622. The summed E-state index contributed by atoms with van der Waals surface area (Å²) in [6.45, 7) is 0. The molecule has 52 valence electrons. The van der Waals surface area contributed by atoms with Gasteiger partial charge < -0.3 is 0 Å². The number of nitrogens with zero attached hydrogens (tertiary/aromatic N) is 3. The fraction of sp³-hybridized carbons (Fsp3) is 0. The Labute approximate surface area is 69.0 Å². The molecule has 0 bridgehead atoms. The van der Waals surface area contributed by atoms with Crippen molar-refractivity contribution in [1.29, 1.82) is 5.26 Å². The smallest absolute Gasteiger partial charge is 0.166 e. The second-order valence-electron chi connectivity index (χ2n) is 1.69. The van der Waals surface area contributed by atoms with Gasteiger partial charge >= 0.3 is 0 Å². The number of hydrogen-bond donors (Lipinski definition) is 0. The molecule has 0 aliphatic rings. The third-order valence-corrected chi connectivity index (χ3v) is 1.15. The monoisotopic (exact) mass is 161 g/mol. The highest BCUT2D eigenvalue weighted by molar-refractivity contribution is 7.78. The molecule has 0 saturated heterocycles. The highest BCUT2D eigenvalue weighted by atomic mass is 32.1. The van der Waals surface area contributed by atoms with Gasteiger partial charge in [0.15, 0.2) is 5.69 Å². The summed E-state index contributed by atoms with van der Waals surface area (Å²) in [4.78, 5) is 7.43. The van der Waals surface area contributed by atoms with E-state index in [2.05, 4.69) is 27.4 Å². The summed E-state index contributed by atoms with van der Waals surface area (Å²) in [6, 6.07) is 5.23. The maximum atomic E-state index is 8.51. The van der Waals surface area contributed by atoms with Gasteiger partial charge in [-0.1, -0.05) is 0 Å². The van der Waals surface area contributed by atoms with Crippen LogP contribution in [0.3, 0.4) is 0 Å². The van der Waals surface area contributed by atoms with Crippen molar-refractivity contribution in [1.82, 2.24) is 4.98 Å². The number of rotatable bonds is 1. The largest absolute Gasteiger partial charge is 0.243 e. The first-order chi connectivity index (χ1) is 5.38. The molecule has 1 aromatic heterocycles. The molecule has 0 amide bonds. The maximum absolute atomic E-state index is 8.51. The first-order valence-corrected chi connectivity index (χ1v) is 3.22. The van der Waals surface area contributed by atoms with Crippen molar-refractivity contribution in [3.05, 3.63) is 24.0 Å². The van der Waals surface area contributed by atoms with E-state index in [4.69, 9.17) is 5.26 Å². The number of thiocarbonyl (C=S) groups is 1. The molecule has 11 heavy (non-hydrogen) atoms. The molecule has 1 rings (SSSR count). The summed E-state index contributed by atoms with van der Waals surface area (Å²) < 4.78 is 0. The van der Waals surface area contributed by atoms with Gasteiger partial charge in [-0.05, 0) is 24.4 Å². The molecule has 0 saturated carbocycles. The predicted molar refractivity (Wildman–Crippen MR) is 43.6 cm³/mol. The summed E-state index contributed by atoms with van der Waals surface area (Å²) in [5.41, 5.74) is 0.731. The molecule has 1 heterocycles. The van der Waals surface area contributed by atoms with E-state index in [0.717, 1.165) is 0 Å². The molecule has 0 N–H and O–H groups in total. The maximum Gasteiger partial charge on any atom is 0.166 e. The first-order valence-electron chi connectivity index (χ1n) is 2.81. The lowest BCUT2D eigenvalue weighted by Gasteiger charge is -1.90. The van der Waals surface area contributed by atoms with E-state index in [1.807, 2.05) is 6.07 Å². The fourth-order valence-corrected chi connectivity index (χ4v) is 0.721. The Balaban J connectivity index is 3.25. The van der Waals surface area contributed by atoms with Crippen LogP contribution in [0.5, 0.6) is 0 Å². The van der Waals surface area contributed by atoms with Crippen LogP contribution in [0.4, 0.5) is 5.69 Å². The van der Waals surface area contributed by atoms with E-state index in [9.17, 15) is 0 Å². The van der Waals surface area contributed by atoms with Crippen LogP contribution in [-0.2, 0) is 0 Å². The first kappa shape index (κ1) is 7.55. The van der Waals surface area contributed by atoms with Crippen LogP contribution in [0.15, 0.2) is 23.3 Å². The lowest BCUT2D eigenvalue weighted by atomic mass is 10.3. The number of isothiocyanates is 1. The van der Waals surface area contributed by atoms with Gasteiger partial charge in [-0.25, -0.2) is 4.98 Å². The van der Waals surface area contributed by atoms with Crippen molar-refractivity contribution in [2.75, 3.05) is 0 Å². The Morgan fingerprint density at radius 1 is 1.64 bits per heavy atom. The summed E-state index contributed by atoms with van der Waals surface area (Å²) in [6.07, 6.45) is 1.53. The van der Waals surface area contributed by atoms with Crippen molar-refractivity contribution in [2.45, 2.75) is 0 Å². The highest BCUT2D eigenvalue weighted by Crippen LogP contribution is 2.13. The number of hydrogen-bond acceptors (Lipinski definition) is 4. The molecule has 1 aromatic rings. The van der Waals surface area contributed by atoms with Gasteiger partial charge in [0.2, 0.25) is 0 Å². The molecule has 0 aromatic carbocycles. The molecule has 0 atom stereocenters. The van der Waals surface area contributed by atoms with Crippen molar-refractivity contribution in [2.24, 2.45) is 4.99 Å². The number of aliphatic imine (C=N–C) groups is 1. The summed E-state index contributed by atoms with van der Waals surface area (Å²) in [5, 5.41) is 10.7. The zero-order valence-corrected chi connectivity index (χ0v) is 6.30. The van der Waals surface area contributed by atoms with E-state index in [0.29, 0.717) is 5.69 Å². The molecule has 0 aliphatic heterocycles. The molecule has 0 spiro atoms. The number of pyridine rings is 1. The second-order valence-corrected chi connectivity index (χ2v) is 1.87. The molecule has 0 aliphatic carbocycles. The van der Waals surface area contributed by atoms with Crippen LogP contribution in [0.2, 0.25) is 0 Å². The van der Waals surface area contributed by atoms with E-state index in [1.54, 1.807) is 12.1 Å². The Morgan fingerprint density at radius 2 is 2.45 bits per heavy atom. The van der Waals surface area contributed by atoms with Crippen molar-refractivity contribution < 1.29 is 0 Å². The third-order valence-electron chi connectivity index (χ3n) is 1.06. The van der Waals surface area contributed by atoms with Crippen LogP contribution in [-0.4, -0.2) is 10.1 Å². The van der Waals surface area contributed by atoms with Crippen LogP contribution < -0.4 is 0 Å². The highest BCUT2D eigenvalue weighted by Gasteiger charge is 1.97. The topological polar surface area (TPSA) is 49.0 Å². The standard InChI is InChI=1S/C7H3N3S/c8-4-7-6(10-5-11)2-1-3-9-7/h1-3H. The molecule has 4 heteroatoms. The van der Waals surface area contributed by atoms with Crippen LogP contribution in [0, 0.1) is 11.3 Å². The van der Waals surface area contributed by atoms with Crippen molar-refractivity contribution >= 4 is 23.1 Å². The molecular formula is C7H3N3S. The van der Waals surface area contributed by atoms with Crippen molar-refractivity contribution in [3.8, 4) is 6.07 Å². The van der Waals surface area contributed by atoms with E-state index >= 15 is 0 Å². The van der Waals surface area contributed by atoms with Crippen molar-refractivity contribution in [3.63, 3.8) is 0 Å². The average molecular weight is 161 g/mol. The Hall–Kier alpha value is -1.56. The summed E-state index contributed by atoms with van der Waals surface area (Å²) in [7, 11) is 0. The quantitative estimate of drug-likeness (QED) is 0.465. The molecule has 0 radical (unpaired) electrons. The normalized spacial score (nSPS) is 7.91. The van der Waals surface area contributed by atoms with Crippen LogP contribution in [0.1, 0.15) is 5.69 Å². The molecular weight excluding hydrogens is 158 g/mol. The summed E-state index contributed by atoms with van der Waals surface area (Å²) >= 11 is 4.39. The van der Waals surface area contributed by atoms with Gasteiger partial charge in [0.1, 0.15) is 11.8 Å².